The highest BCUT2D eigenvalue weighted by molar-refractivity contribution is 6.42. The second-order valence-corrected chi connectivity index (χ2v) is 5.58. The molecule has 1 fully saturated rings. The molecule has 0 saturated heterocycles. The number of amides is 1. The van der Waals surface area contributed by atoms with E-state index >= 15 is 0 Å². The van der Waals surface area contributed by atoms with Gasteiger partial charge in [0.15, 0.2) is 0 Å². The minimum absolute atomic E-state index is 0.291. The van der Waals surface area contributed by atoms with Crippen molar-refractivity contribution in [1.82, 2.24) is 9.97 Å². The molecule has 1 aliphatic carbocycles. The molecule has 1 aliphatic rings. The summed E-state index contributed by atoms with van der Waals surface area (Å²) >= 11 is 11.7. The van der Waals surface area contributed by atoms with Gasteiger partial charge in [-0.3, -0.25) is 4.79 Å². The monoisotopic (exact) mass is 322 g/mol. The molecule has 0 unspecified atom stereocenters. The average molecular weight is 323 g/mol. The second-order valence-electron chi connectivity index (χ2n) is 4.77. The van der Waals surface area contributed by atoms with Gasteiger partial charge in [0, 0.05) is 17.9 Å². The van der Waals surface area contributed by atoms with Gasteiger partial charge in [0.05, 0.1) is 10.0 Å². The Labute approximate surface area is 131 Å². The first-order chi connectivity index (χ1) is 10.1. The number of rotatable bonds is 4. The summed E-state index contributed by atoms with van der Waals surface area (Å²) in [7, 11) is 0. The number of hydrogen-bond acceptors (Lipinski definition) is 4. The fourth-order valence-corrected chi connectivity index (χ4v) is 2.03. The first kappa shape index (κ1) is 14.1. The molecule has 1 aromatic heterocycles. The van der Waals surface area contributed by atoms with E-state index in [1.54, 1.807) is 30.5 Å². The van der Waals surface area contributed by atoms with Crippen molar-refractivity contribution in [3.05, 3.63) is 46.2 Å². The van der Waals surface area contributed by atoms with Crippen LogP contribution >= 0.6 is 23.2 Å². The minimum atomic E-state index is -0.324. The van der Waals surface area contributed by atoms with Crippen LogP contribution in [0.1, 0.15) is 23.3 Å². The Kier molecular flexibility index (Phi) is 3.94. The number of carbonyl (C=O) groups is 1. The molecule has 0 aliphatic heterocycles. The molecule has 1 heterocycles. The largest absolute Gasteiger partial charge is 0.351 e. The van der Waals surface area contributed by atoms with Crippen LogP contribution in [-0.4, -0.2) is 21.9 Å². The SMILES string of the molecule is O=C(Nc1ccc(Cl)c(Cl)c1)c1ccnc(NC2CC2)n1. The third-order valence-corrected chi connectivity index (χ3v) is 3.72. The van der Waals surface area contributed by atoms with Crippen molar-refractivity contribution in [2.45, 2.75) is 18.9 Å². The van der Waals surface area contributed by atoms with Crippen LogP contribution in [0.4, 0.5) is 11.6 Å². The lowest BCUT2D eigenvalue weighted by atomic mass is 10.3. The van der Waals surface area contributed by atoms with Gasteiger partial charge in [-0.15, -0.1) is 0 Å². The number of benzene rings is 1. The second kappa shape index (κ2) is 5.87. The van der Waals surface area contributed by atoms with Crippen molar-refractivity contribution >= 4 is 40.7 Å². The zero-order valence-corrected chi connectivity index (χ0v) is 12.4. The Morgan fingerprint density at radius 3 is 2.71 bits per heavy atom. The van der Waals surface area contributed by atoms with E-state index in [1.165, 1.54) is 0 Å². The summed E-state index contributed by atoms with van der Waals surface area (Å²) < 4.78 is 0. The minimum Gasteiger partial charge on any atom is -0.351 e. The van der Waals surface area contributed by atoms with Crippen LogP contribution < -0.4 is 10.6 Å². The van der Waals surface area contributed by atoms with Crippen LogP contribution in [0.2, 0.25) is 10.0 Å². The Morgan fingerprint density at radius 2 is 2.00 bits per heavy atom. The molecule has 0 spiro atoms. The maximum absolute atomic E-state index is 12.2. The Morgan fingerprint density at radius 1 is 1.19 bits per heavy atom. The van der Waals surface area contributed by atoms with Crippen molar-refractivity contribution in [1.29, 1.82) is 0 Å². The Hall–Kier alpha value is -1.85. The zero-order chi connectivity index (χ0) is 14.8. The van der Waals surface area contributed by atoms with E-state index in [9.17, 15) is 4.79 Å². The zero-order valence-electron chi connectivity index (χ0n) is 10.9. The lowest BCUT2D eigenvalue weighted by Gasteiger charge is -2.07. The van der Waals surface area contributed by atoms with Gasteiger partial charge < -0.3 is 10.6 Å². The average Bonchev–Trinajstić information content (AvgIpc) is 3.27. The van der Waals surface area contributed by atoms with Gasteiger partial charge in [0.1, 0.15) is 5.69 Å². The fraction of sp³-hybridized carbons (Fsp3) is 0.214. The van der Waals surface area contributed by atoms with Crippen molar-refractivity contribution in [2.75, 3.05) is 10.6 Å². The van der Waals surface area contributed by atoms with Crippen LogP contribution in [0.3, 0.4) is 0 Å². The van der Waals surface area contributed by atoms with Crippen LogP contribution in [0, 0.1) is 0 Å². The molecule has 5 nitrogen and oxygen atoms in total. The predicted octanol–water partition coefficient (Wildman–Crippen LogP) is 3.61. The van der Waals surface area contributed by atoms with Crippen LogP contribution in [0.15, 0.2) is 30.5 Å². The Balaban J connectivity index is 1.73. The molecule has 2 N–H and O–H groups in total. The molecule has 1 amide bonds. The molecule has 1 aromatic carbocycles. The summed E-state index contributed by atoms with van der Waals surface area (Å²) in [5.41, 5.74) is 0.851. The maximum atomic E-state index is 12.2. The number of aromatic nitrogens is 2. The van der Waals surface area contributed by atoms with Gasteiger partial charge >= 0.3 is 0 Å². The lowest BCUT2D eigenvalue weighted by molar-refractivity contribution is 0.102. The van der Waals surface area contributed by atoms with Crippen LogP contribution in [-0.2, 0) is 0 Å². The quantitative estimate of drug-likeness (QED) is 0.902. The van der Waals surface area contributed by atoms with Gasteiger partial charge in [0.2, 0.25) is 5.95 Å². The topological polar surface area (TPSA) is 66.9 Å². The van der Waals surface area contributed by atoms with E-state index in [2.05, 4.69) is 20.6 Å². The third-order valence-electron chi connectivity index (χ3n) is 2.98. The summed E-state index contributed by atoms with van der Waals surface area (Å²) in [6.45, 7) is 0. The van der Waals surface area contributed by atoms with Crippen LogP contribution in [0.5, 0.6) is 0 Å². The molecule has 0 radical (unpaired) electrons. The van der Waals surface area contributed by atoms with Gasteiger partial charge in [0.25, 0.3) is 5.91 Å². The third kappa shape index (κ3) is 3.62. The number of hydrogen-bond donors (Lipinski definition) is 2. The summed E-state index contributed by atoms with van der Waals surface area (Å²) in [5.74, 6) is 0.147. The molecular weight excluding hydrogens is 311 g/mol. The van der Waals surface area contributed by atoms with Gasteiger partial charge in [-0.1, -0.05) is 23.2 Å². The number of nitrogens with zero attached hydrogens (tertiary/aromatic N) is 2. The number of anilines is 2. The molecule has 7 heteroatoms. The van der Waals surface area contributed by atoms with E-state index in [4.69, 9.17) is 23.2 Å². The smallest absolute Gasteiger partial charge is 0.274 e. The van der Waals surface area contributed by atoms with E-state index < -0.39 is 0 Å². The highest BCUT2D eigenvalue weighted by Gasteiger charge is 2.22. The summed E-state index contributed by atoms with van der Waals surface area (Å²) in [6, 6.07) is 6.88. The summed E-state index contributed by atoms with van der Waals surface area (Å²) in [5, 5.41) is 6.69. The first-order valence-electron chi connectivity index (χ1n) is 6.48. The maximum Gasteiger partial charge on any atom is 0.274 e. The lowest BCUT2D eigenvalue weighted by Crippen LogP contribution is -2.15. The highest BCUT2D eigenvalue weighted by atomic mass is 35.5. The highest BCUT2D eigenvalue weighted by Crippen LogP contribution is 2.25. The van der Waals surface area contributed by atoms with E-state index in [0.717, 1.165) is 12.8 Å². The number of halogens is 2. The fourth-order valence-electron chi connectivity index (χ4n) is 1.73. The molecule has 21 heavy (non-hydrogen) atoms. The molecular formula is C14H12Cl2N4O. The van der Waals surface area contributed by atoms with E-state index in [-0.39, 0.29) is 5.91 Å². The molecule has 0 bridgehead atoms. The van der Waals surface area contributed by atoms with Crippen LogP contribution in [0.25, 0.3) is 0 Å². The van der Waals surface area contributed by atoms with E-state index in [1.807, 2.05) is 0 Å². The van der Waals surface area contributed by atoms with Gasteiger partial charge in [-0.05, 0) is 37.1 Å². The molecule has 3 rings (SSSR count). The van der Waals surface area contributed by atoms with Gasteiger partial charge in [-0.2, -0.15) is 0 Å². The van der Waals surface area contributed by atoms with Gasteiger partial charge in [-0.25, -0.2) is 9.97 Å². The standard InChI is InChI=1S/C14H12Cl2N4O/c15-10-4-3-9(7-11(10)16)18-13(21)12-5-6-17-14(20-12)19-8-1-2-8/h3-8H,1-2H2,(H,18,21)(H,17,19,20). The molecule has 108 valence electrons. The van der Waals surface area contributed by atoms with Crippen molar-refractivity contribution in [3.8, 4) is 0 Å². The van der Waals surface area contributed by atoms with E-state index in [0.29, 0.717) is 33.4 Å². The Bertz CT molecular complexity index is 688. The number of carbonyl (C=O) groups excluding carboxylic acids is 1. The predicted molar refractivity (Wildman–Crippen MR) is 83.1 cm³/mol. The first-order valence-corrected chi connectivity index (χ1v) is 7.23. The van der Waals surface area contributed by atoms with Crippen molar-refractivity contribution in [3.63, 3.8) is 0 Å². The summed E-state index contributed by atoms with van der Waals surface area (Å²) in [6.07, 6.45) is 3.79. The molecule has 2 aromatic rings. The molecule has 0 atom stereocenters. The number of nitrogens with one attached hydrogen (secondary N) is 2. The van der Waals surface area contributed by atoms with Crippen molar-refractivity contribution in [2.24, 2.45) is 0 Å². The molecule has 1 saturated carbocycles. The van der Waals surface area contributed by atoms with Crippen molar-refractivity contribution < 1.29 is 4.79 Å². The summed E-state index contributed by atoms with van der Waals surface area (Å²) in [4.78, 5) is 20.4. The normalized spacial score (nSPS) is 13.8.